The van der Waals surface area contributed by atoms with Crippen LogP contribution in [0.4, 0.5) is 4.39 Å². The third-order valence-electron chi connectivity index (χ3n) is 6.36. The predicted molar refractivity (Wildman–Crippen MR) is 123 cm³/mol. The van der Waals surface area contributed by atoms with E-state index in [9.17, 15) is 14.6 Å². The summed E-state index contributed by atoms with van der Waals surface area (Å²) in [7, 11) is 0. The molecular weight excluding hydrogens is 407 g/mol. The Hall–Kier alpha value is -3.32. The molecule has 0 bridgehead atoms. The number of benzene rings is 2. The van der Waals surface area contributed by atoms with E-state index in [1.165, 1.54) is 0 Å². The highest BCUT2D eigenvalue weighted by Crippen LogP contribution is 2.36. The van der Waals surface area contributed by atoms with Crippen LogP contribution >= 0.6 is 0 Å². The van der Waals surface area contributed by atoms with Gasteiger partial charge in [-0.15, -0.1) is 0 Å². The fourth-order valence-corrected chi connectivity index (χ4v) is 4.66. The molecule has 0 atom stereocenters. The smallest absolute Gasteiger partial charge is 0.116 e. The third-order valence-corrected chi connectivity index (χ3v) is 6.36. The van der Waals surface area contributed by atoms with Crippen molar-refractivity contribution in [2.24, 2.45) is 5.92 Å². The first-order valence-electron chi connectivity index (χ1n) is 10.9. The van der Waals surface area contributed by atoms with Gasteiger partial charge in [0.15, 0.2) is 0 Å². The Morgan fingerprint density at radius 2 is 1.78 bits per heavy atom. The number of hydrogen-bond acceptors (Lipinski definition) is 4. The Labute approximate surface area is 186 Å². The van der Waals surface area contributed by atoms with E-state index in [-0.39, 0.29) is 24.1 Å². The van der Waals surface area contributed by atoms with Crippen LogP contribution in [0.5, 0.6) is 11.5 Å². The van der Waals surface area contributed by atoms with E-state index in [0.717, 1.165) is 59.5 Å². The Morgan fingerprint density at radius 1 is 1.03 bits per heavy atom. The van der Waals surface area contributed by atoms with Crippen molar-refractivity contribution in [3.63, 3.8) is 0 Å². The maximum absolute atomic E-state index is 12.6. The minimum atomic E-state index is -0.228. The molecule has 3 heterocycles. The number of nitrogens with zero attached hydrogens (tertiary/aromatic N) is 4. The fourth-order valence-electron chi connectivity index (χ4n) is 4.66. The van der Waals surface area contributed by atoms with Gasteiger partial charge in [-0.3, -0.25) is 9.07 Å². The Balaban J connectivity index is 1.43. The average molecular weight is 435 g/mol. The zero-order chi connectivity index (χ0) is 22.2. The highest BCUT2D eigenvalue weighted by molar-refractivity contribution is 5.92. The Morgan fingerprint density at radius 3 is 2.53 bits per heavy atom. The van der Waals surface area contributed by atoms with E-state index in [1.54, 1.807) is 24.3 Å². The lowest BCUT2D eigenvalue weighted by Crippen LogP contribution is -2.48. The molecule has 32 heavy (non-hydrogen) atoms. The van der Waals surface area contributed by atoms with Gasteiger partial charge in [-0.2, -0.15) is 5.10 Å². The topological polar surface area (TPSA) is 66.5 Å². The molecule has 0 radical (unpaired) electrons. The van der Waals surface area contributed by atoms with Gasteiger partial charge in [0.2, 0.25) is 0 Å². The number of aromatic nitrogens is 3. The summed E-state index contributed by atoms with van der Waals surface area (Å²) in [4.78, 5) is 2.25. The van der Waals surface area contributed by atoms with Crippen LogP contribution in [-0.4, -0.2) is 55.8 Å². The van der Waals surface area contributed by atoms with Crippen molar-refractivity contribution >= 4 is 10.9 Å². The lowest BCUT2D eigenvalue weighted by Gasteiger charge is -2.37. The Bertz CT molecular complexity index is 1240. The van der Waals surface area contributed by atoms with Gasteiger partial charge in [-0.25, -0.2) is 0 Å². The molecule has 2 aromatic heterocycles. The third kappa shape index (κ3) is 3.84. The molecule has 0 spiro atoms. The molecule has 4 aromatic rings. The monoisotopic (exact) mass is 434 g/mol. The van der Waals surface area contributed by atoms with Crippen LogP contribution in [0.1, 0.15) is 11.1 Å². The van der Waals surface area contributed by atoms with E-state index < -0.39 is 0 Å². The SMILES string of the molecule is Cc1c(-c2ccc(O)cc2)n(Cc2cnn(CCN3CC(CF)C3)c2)c2ccc(O)cc12. The molecule has 1 aliphatic heterocycles. The van der Waals surface area contributed by atoms with Gasteiger partial charge in [0, 0.05) is 48.2 Å². The molecule has 5 rings (SSSR count). The summed E-state index contributed by atoms with van der Waals surface area (Å²) < 4.78 is 16.8. The van der Waals surface area contributed by atoms with Gasteiger partial charge in [0.1, 0.15) is 11.5 Å². The van der Waals surface area contributed by atoms with Gasteiger partial charge in [-0.05, 0) is 60.5 Å². The van der Waals surface area contributed by atoms with Crippen LogP contribution < -0.4 is 0 Å². The van der Waals surface area contributed by atoms with Crippen LogP contribution in [0.3, 0.4) is 0 Å². The molecule has 0 amide bonds. The van der Waals surface area contributed by atoms with E-state index in [0.29, 0.717) is 6.54 Å². The molecule has 1 aliphatic rings. The van der Waals surface area contributed by atoms with Crippen molar-refractivity contribution in [1.82, 2.24) is 19.2 Å². The number of hydrogen-bond donors (Lipinski definition) is 2. The summed E-state index contributed by atoms with van der Waals surface area (Å²) in [5, 5.41) is 25.3. The summed E-state index contributed by atoms with van der Waals surface area (Å²) in [6, 6.07) is 12.6. The second kappa shape index (κ2) is 8.31. The average Bonchev–Trinajstić information content (AvgIpc) is 3.31. The molecule has 7 heteroatoms. The van der Waals surface area contributed by atoms with Crippen LogP contribution in [0.25, 0.3) is 22.2 Å². The zero-order valence-corrected chi connectivity index (χ0v) is 18.1. The second-order valence-corrected chi connectivity index (χ2v) is 8.70. The first-order chi connectivity index (χ1) is 15.5. The summed E-state index contributed by atoms with van der Waals surface area (Å²) in [6.45, 7) is 5.79. The first kappa shape index (κ1) is 20.6. The van der Waals surface area contributed by atoms with Crippen molar-refractivity contribution in [2.45, 2.75) is 20.0 Å². The van der Waals surface area contributed by atoms with E-state index in [2.05, 4.69) is 27.7 Å². The lowest BCUT2D eigenvalue weighted by atomic mass is 10.0. The number of fused-ring (bicyclic) bond motifs is 1. The molecular formula is C25H27FN4O2. The van der Waals surface area contributed by atoms with Gasteiger partial charge in [-0.1, -0.05) is 0 Å². The van der Waals surface area contributed by atoms with Crippen molar-refractivity contribution in [3.8, 4) is 22.8 Å². The zero-order valence-electron chi connectivity index (χ0n) is 18.1. The molecule has 0 unspecified atom stereocenters. The van der Waals surface area contributed by atoms with E-state index >= 15 is 0 Å². The summed E-state index contributed by atoms with van der Waals surface area (Å²) >= 11 is 0. The molecule has 166 valence electrons. The van der Waals surface area contributed by atoms with Crippen molar-refractivity contribution in [2.75, 3.05) is 26.3 Å². The van der Waals surface area contributed by atoms with Crippen molar-refractivity contribution < 1.29 is 14.6 Å². The molecule has 0 saturated carbocycles. The highest BCUT2D eigenvalue weighted by Gasteiger charge is 2.25. The number of aromatic hydroxyl groups is 2. The molecule has 2 aromatic carbocycles. The minimum absolute atomic E-state index is 0.200. The first-order valence-corrected chi connectivity index (χ1v) is 10.9. The lowest BCUT2D eigenvalue weighted by molar-refractivity contribution is 0.0765. The Kier molecular flexibility index (Phi) is 5.35. The number of alkyl halides is 1. The predicted octanol–water partition coefficient (Wildman–Crippen LogP) is 4.17. The fraction of sp³-hybridized carbons (Fsp3) is 0.320. The summed E-state index contributed by atoms with van der Waals surface area (Å²) in [6.07, 6.45) is 3.96. The van der Waals surface area contributed by atoms with E-state index in [4.69, 9.17) is 0 Å². The van der Waals surface area contributed by atoms with Gasteiger partial charge in [0.25, 0.3) is 0 Å². The van der Waals surface area contributed by atoms with Gasteiger partial charge < -0.3 is 19.7 Å². The normalized spacial score (nSPS) is 14.8. The molecule has 1 saturated heterocycles. The van der Waals surface area contributed by atoms with Crippen LogP contribution in [-0.2, 0) is 13.1 Å². The van der Waals surface area contributed by atoms with Crippen LogP contribution in [0.15, 0.2) is 54.9 Å². The molecule has 0 aliphatic carbocycles. The van der Waals surface area contributed by atoms with Gasteiger partial charge >= 0.3 is 0 Å². The number of likely N-dealkylation sites (tertiary alicyclic amines) is 1. The second-order valence-electron chi connectivity index (χ2n) is 8.70. The summed E-state index contributed by atoms with van der Waals surface area (Å²) in [5.41, 5.74) is 5.25. The number of rotatable bonds is 7. The van der Waals surface area contributed by atoms with E-state index in [1.807, 2.05) is 29.1 Å². The molecule has 6 nitrogen and oxygen atoms in total. The van der Waals surface area contributed by atoms with Gasteiger partial charge in [0.05, 0.1) is 31.7 Å². The van der Waals surface area contributed by atoms with Crippen LogP contribution in [0.2, 0.25) is 0 Å². The van der Waals surface area contributed by atoms with Crippen molar-refractivity contribution in [3.05, 3.63) is 66.0 Å². The number of phenolic OH excluding ortho intramolecular Hbond substituents is 2. The quantitative estimate of drug-likeness (QED) is 0.458. The largest absolute Gasteiger partial charge is 0.508 e. The van der Waals surface area contributed by atoms with Crippen molar-refractivity contribution in [1.29, 1.82) is 0 Å². The summed E-state index contributed by atoms with van der Waals surface area (Å²) in [5.74, 6) is 0.669. The maximum atomic E-state index is 12.6. The number of aryl methyl sites for hydroxylation is 1. The highest BCUT2D eigenvalue weighted by atomic mass is 19.1. The minimum Gasteiger partial charge on any atom is -0.508 e. The number of halogens is 1. The molecule has 2 N–H and O–H groups in total. The number of phenols is 2. The molecule has 1 fully saturated rings. The standard InChI is InChI=1S/C25H27FN4O2/c1-17-23-10-22(32)6-7-24(23)30(25(17)20-2-4-21(31)5-3-20)16-19-12-27-29(15-19)9-8-28-13-18(11-26)14-28/h2-7,10,12,15,18,31-32H,8-9,11,13-14,16H2,1H3. The van der Waals surface area contributed by atoms with Crippen LogP contribution in [0, 0.1) is 12.8 Å². The maximum Gasteiger partial charge on any atom is 0.116 e.